The Morgan fingerprint density at radius 2 is 1.96 bits per heavy atom. The van der Waals surface area contributed by atoms with Gasteiger partial charge in [-0.05, 0) is 26.7 Å². The number of ether oxygens (including phenoxy) is 1. The third-order valence-corrected chi connectivity index (χ3v) is 5.67. The Kier molecular flexibility index (Phi) is 4.67. The van der Waals surface area contributed by atoms with Crippen molar-refractivity contribution in [2.24, 2.45) is 7.05 Å². The molecule has 0 amide bonds. The van der Waals surface area contributed by atoms with Crippen LogP contribution in [0.1, 0.15) is 50.8 Å². The lowest BCUT2D eigenvalue weighted by Crippen LogP contribution is -2.40. The van der Waals surface area contributed by atoms with Crippen LogP contribution in [0.4, 0.5) is 0 Å². The highest BCUT2D eigenvalue weighted by molar-refractivity contribution is 5.75. The fraction of sp³-hybridized carbons (Fsp3) is 0.632. The maximum Gasteiger partial charge on any atom is 0.332 e. The van der Waals surface area contributed by atoms with Gasteiger partial charge in [-0.2, -0.15) is 4.98 Å². The Balaban J connectivity index is 1.93. The summed E-state index contributed by atoms with van der Waals surface area (Å²) >= 11 is 0. The first kappa shape index (κ1) is 18.0. The molecule has 0 unspecified atom stereocenters. The van der Waals surface area contributed by atoms with E-state index in [1.807, 2.05) is 17.5 Å². The molecule has 0 spiro atoms. The van der Waals surface area contributed by atoms with Crippen molar-refractivity contribution in [1.82, 2.24) is 23.1 Å². The second kappa shape index (κ2) is 6.99. The van der Waals surface area contributed by atoms with E-state index in [2.05, 4.69) is 11.5 Å². The molecule has 1 aliphatic rings. The molecule has 0 atom stereocenters. The van der Waals surface area contributed by atoms with E-state index < -0.39 is 0 Å². The van der Waals surface area contributed by atoms with E-state index in [9.17, 15) is 9.59 Å². The number of imidazole rings is 2. The Morgan fingerprint density at radius 3 is 2.67 bits per heavy atom. The molecule has 8 heteroatoms. The zero-order valence-corrected chi connectivity index (χ0v) is 16.3. The summed E-state index contributed by atoms with van der Waals surface area (Å²) in [4.78, 5) is 30.5. The topological polar surface area (TPSA) is 75.5 Å². The van der Waals surface area contributed by atoms with Crippen LogP contribution in [0.5, 0.6) is 0 Å². The minimum atomic E-state index is -0.353. The van der Waals surface area contributed by atoms with E-state index in [0.29, 0.717) is 30.4 Å². The summed E-state index contributed by atoms with van der Waals surface area (Å²) in [7, 11) is 1.67. The largest absolute Gasteiger partial charge is 0.380 e. The molecule has 0 aromatic carbocycles. The second-order valence-corrected chi connectivity index (χ2v) is 7.38. The zero-order valence-electron chi connectivity index (χ0n) is 16.3. The van der Waals surface area contributed by atoms with Crippen molar-refractivity contribution in [1.29, 1.82) is 0 Å². The van der Waals surface area contributed by atoms with Crippen molar-refractivity contribution in [3.8, 4) is 0 Å². The van der Waals surface area contributed by atoms with Gasteiger partial charge in [-0.1, -0.05) is 19.3 Å². The van der Waals surface area contributed by atoms with Gasteiger partial charge in [0.15, 0.2) is 11.2 Å². The molecule has 0 aliphatic heterocycles. The number of hydrogen-bond donors (Lipinski definition) is 0. The molecule has 0 radical (unpaired) electrons. The van der Waals surface area contributed by atoms with Crippen LogP contribution in [0.3, 0.4) is 0 Å². The van der Waals surface area contributed by atoms with Gasteiger partial charge in [0.2, 0.25) is 5.78 Å². The standard InChI is InChI=1S/C19H27N5O3/c1-4-27-11-10-22-17(25)15-16(21(3)19(22)26)20-18-23(15)12-13(2)24(18)14-8-6-5-7-9-14/h12,14H,4-11H2,1-3H3. The highest BCUT2D eigenvalue weighted by Gasteiger charge is 2.24. The minimum Gasteiger partial charge on any atom is -0.380 e. The summed E-state index contributed by atoms with van der Waals surface area (Å²) in [5.74, 6) is 0.754. The summed E-state index contributed by atoms with van der Waals surface area (Å²) < 4.78 is 12.2. The van der Waals surface area contributed by atoms with Crippen LogP contribution in [0.2, 0.25) is 0 Å². The van der Waals surface area contributed by atoms with Gasteiger partial charge in [-0.3, -0.25) is 18.3 Å². The van der Waals surface area contributed by atoms with E-state index in [4.69, 9.17) is 9.72 Å². The first-order chi connectivity index (χ1) is 13.0. The highest BCUT2D eigenvalue weighted by atomic mass is 16.5. The lowest BCUT2D eigenvalue weighted by atomic mass is 9.95. The van der Waals surface area contributed by atoms with Crippen molar-refractivity contribution >= 4 is 16.9 Å². The molecule has 1 aliphatic carbocycles. The van der Waals surface area contributed by atoms with Crippen LogP contribution >= 0.6 is 0 Å². The molecule has 3 aromatic heterocycles. The van der Waals surface area contributed by atoms with Crippen LogP contribution in [0, 0.1) is 6.92 Å². The monoisotopic (exact) mass is 373 g/mol. The molecule has 4 rings (SSSR count). The summed E-state index contributed by atoms with van der Waals surface area (Å²) in [5, 5.41) is 0. The van der Waals surface area contributed by atoms with Crippen LogP contribution in [-0.2, 0) is 18.3 Å². The van der Waals surface area contributed by atoms with E-state index in [0.717, 1.165) is 24.3 Å². The molecule has 1 saturated carbocycles. The Bertz CT molecular complexity index is 1090. The van der Waals surface area contributed by atoms with E-state index >= 15 is 0 Å². The van der Waals surface area contributed by atoms with Gasteiger partial charge in [0, 0.05) is 31.6 Å². The molecule has 1 fully saturated rings. The summed E-state index contributed by atoms with van der Waals surface area (Å²) in [6, 6.07) is 0.408. The van der Waals surface area contributed by atoms with Crippen molar-refractivity contribution in [3.05, 3.63) is 32.7 Å². The first-order valence-corrected chi connectivity index (χ1v) is 9.81. The Morgan fingerprint density at radius 1 is 1.22 bits per heavy atom. The smallest absolute Gasteiger partial charge is 0.332 e. The predicted octanol–water partition coefficient (Wildman–Crippen LogP) is 2.00. The predicted molar refractivity (Wildman–Crippen MR) is 104 cm³/mol. The molecule has 0 N–H and O–H groups in total. The molecule has 27 heavy (non-hydrogen) atoms. The molecule has 146 valence electrons. The Labute approximate surface area is 157 Å². The van der Waals surface area contributed by atoms with E-state index in [-0.39, 0.29) is 17.8 Å². The number of aryl methyl sites for hydroxylation is 2. The zero-order chi connectivity index (χ0) is 19.1. The summed E-state index contributed by atoms with van der Waals surface area (Å²) in [6.07, 6.45) is 7.95. The van der Waals surface area contributed by atoms with E-state index in [1.54, 1.807) is 7.05 Å². The van der Waals surface area contributed by atoms with Crippen LogP contribution < -0.4 is 11.2 Å². The molecule has 3 heterocycles. The second-order valence-electron chi connectivity index (χ2n) is 7.38. The summed E-state index contributed by atoms with van der Waals surface area (Å²) in [5.41, 5.74) is 1.34. The van der Waals surface area contributed by atoms with Gasteiger partial charge in [0.25, 0.3) is 5.56 Å². The lowest BCUT2D eigenvalue weighted by molar-refractivity contribution is 0.137. The lowest BCUT2D eigenvalue weighted by Gasteiger charge is -2.24. The van der Waals surface area contributed by atoms with Crippen molar-refractivity contribution in [3.63, 3.8) is 0 Å². The molecule has 3 aromatic rings. The normalized spacial score (nSPS) is 16.0. The van der Waals surface area contributed by atoms with Crippen molar-refractivity contribution in [2.75, 3.05) is 13.2 Å². The number of rotatable bonds is 5. The maximum absolute atomic E-state index is 13.1. The van der Waals surface area contributed by atoms with Crippen LogP contribution in [-0.4, -0.2) is 36.3 Å². The fourth-order valence-electron chi connectivity index (χ4n) is 4.32. The number of fused-ring (bicyclic) bond motifs is 3. The maximum atomic E-state index is 13.1. The van der Waals surface area contributed by atoms with Gasteiger partial charge in [-0.15, -0.1) is 0 Å². The number of nitrogens with zero attached hydrogens (tertiary/aromatic N) is 5. The molecule has 0 bridgehead atoms. The van der Waals surface area contributed by atoms with Crippen LogP contribution in [0.15, 0.2) is 15.8 Å². The van der Waals surface area contributed by atoms with Crippen molar-refractivity contribution in [2.45, 2.75) is 58.5 Å². The van der Waals surface area contributed by atoms with Gasteiger partial charge >= 0.3 is 5.69 Å². The molecule has 8 nitrogen and oxygen atoms in total. The highest BCUT2D eigenvalue weighted by Crippen LogP contribution is 2.31. The average Bonchev–Trinajstić information content (AvgIpc) is 3.18. The van der Waals surface area contributed by atoms with Gasteiger partial charge < -0.3 is 9.30 Å². The van der Waals surface area contributed by atoms with Gasteiger partial charge in [-0.25, -0.2) is 4.79 Å². The van der Waals surface area contributed by atoms with Gasteiger partial charge in [0.1, 0.15) is 0 Å². The number of hydrogen-bond acceptors (Lipinski definition) is 4. The average molecular weight is 373 g/mol. The fourth-order valence-corrected chi connectivity index (χ4v) is 4.32. The van der Waals surface area contributed by atoms with Gasteiger partial charge in [0.05, 0.1) is 13.2 Å². The van der Waals surface area contributed by atoms with E-state index in [1.165, 1.54) is 28.4 Å². The SMILES string of the molecule is CCOCCn1c(=O)c2c(nc3n(C4CCCCC4)c(C)cn23)n(C)c1=O. The van der Waals surface area contributed by atoms with Crippen molar-refractivity contribution < 1.29 is 4.74 Å². The number of aromatic nitrogens is 5. The quantitative estimate of drug-likeness (QED) is 0.641. The molecular formula is C19H27N5O3. The molecule has 0 saturated heterocycles. The third-order valence-electron chi connectivity index (χ3n) is 5.67. The summed E-state index contributed by atoms with van der Waals surface area (Å²) in [6.45, 7) is 5.08. The first-order valence-electron chi connectivity index (χ1n) is 9.81. The third kappa shape index (κ3) is 2.82. The van der Waals surface area contributed by atoms with Crippen LogP contribution in [0.25, 0.3) is 16.9 Å². The minimum absolute atomic E-state index is 0.241. The Hall–Kier alpha value is -2.35. The molecular weight excluding hydrogens is 346 g/mol.